The summed E-state index contributed by atoms with van der Waals surface area (Å²) in [4.78, 5) is 7.77. The average Bonchev–Trinajstić information content (AvgIpc) is 3.01. The lowest BCUT2D eigenvalue weighted by Crippen LogP contribution is -2.17. The number of hydrogen-bond donors (Lipinski definition) is 1. The summed E-state index contributed by atoms with van der Waals surface area (Å²) in [5.41, 5.74) is 0.607. The van der Waals surface area contributed by atoms with Gasteiger partial charge in [-0.25, -0.2) is 9.37 Å². The molecule has 0 saturated heterocycles. The molecule has 2 aromatic heterocycles. The Morgan fingerprint density at radius 1 is 1.25 bits per heavy atom. The minimum Gasteiger partial charge on any atom is -0.290 e. The van der Waals surface area contributed by atoms with Crippen LogP contribution in [0.3, 0.4) is 0 Å². The zero-order valence-electron chi connectivity index (χ0n) is 12.4. The van der Waals surface area contributed by atoms with Gasteiger partial charge < -0.3 is 0 Å². The molecule has 0 aliphatic rings. The van der Waals surface area contributed by atoms with Crippen molar-refractivity contribution in [2.75, 3.05) is 4.72 Å². The van der Waals surface area contributed by atoms with Gasteiger partial charge in [-0.3, -0.25) is 9.29 Å². The third-order valence-corrected chi connectivity index (χ3v) is 4.83. The van der Waals surface area contributed by atoms with Gasteiger partial charge in [0.05, 0.1) is 0 Å². The molecule has 0 spiro atoms. The van der Waals surface area contributed by atoms with Crippen molar-refractivity contribution in [3.05, 3.63) is 65.5 Å². The second kappa shape index (κ2) is 6.21. The fourth-order valence-electron chi connectivity index (χ4n) is 2.15. The number of rotatable bonds is 4. The van der Waals surface area contributed by atoms with Gasteiger partial charge in [0.25, 0.3) is 10.0 Å². The molecule has 0 fully saturated rings. The summed E-state index contributed by atoms with van der Waals surface area (Å²) in [6, 6.07) is 8.51. The monoisotopic (exact) mass is 366 g/mol. The van der Waals surface area contributed by atoms with E-state index in [0.717, 1.165) is 0 Å². The van der Waals surface area contributed by atoms with E-state index < -0.39 is 15.8 Å². The molecule has 0 saturated carbocycles. The Balaban J connectivity index is 1.99. The van der Waals surface area contributed by atoms with Gasteiger partial charge in [-0.05, 0) is 60.5 Å². The van der Waals surface area contributed by atoms with Crippen LogP contribution in [0.15, 0.2) is 53.8 Å². The minimum atomic E-state index is -3.90. The molecule has 0 bridgehead atoms. The normalized spacial score (nSPS) is 11.5. The van der Waals surface area contributed by atoms with Crippen molar-refractivity contribution in [3.8, 4) is 5.82 Å². The lowest BCUT2D eigenvalue weighted by Gasteiger charge is -2.12. The van der Waals surface area contributed by atoms with E-state index >= 15 is 0 Å². The topological polar surface area (TPSA) is 76.9 Å². The number of hydrogen-bond acceptors (Lipinski definition) is 4. The highest BCUT2D eigenvalue weighted by Gasteiger charge is 2.20. The fraction of sp³-hybridized carbons (Fsp3) is 0.0667. The molecule has 3 aromatic rings. The summed E-state index contributed by atoms with van der Waals surface area (Å²) in [5.74, 6) is -0.0902. The van der Waals surface area contributed by atoms with Gasteiger partial charge in [-0.15, -0.1) is 0 Å². The summed E-state index contributed by atoms with van der Waals surface area (Å²) >= 11 is 5.75. The van der Waals surface area contributed by atoms with Crippen LogP contribution in [0.4, 0.5) is 10.1 Å². The molecule has 1 N–H and O–H groups in total. The van der Waals surface area contributed by atoms with Crippen LogP contribution in [-0.4, -0.2) is 23.0 Å². The highest BCUT2D eigenvalue weighted by atomic mass is 35.5. The first kappa shape index (κ1) is 16.4. The molecule has 9 heteroatoms. The second-order valence-electron chi connectivity index (χ2n) is 4.97. The van der Waals surface area contributed by atoms with Crippen LogP contribution in [0.5, 0.6) is 0 Å². The van der Waals surface area contributed by atoms with Crippen molar-refractivity contribution in [1.82, 2.24) is 14.5 Å². The number of nitrogens with one attached hydrogen (secondary N) is 1. The quantitative estimate of drug-likeness (QED) is 0.719. The van der Waals surface area contributed by atoms with Crippen molar-refractivity contribution in [3.63, 3.8) is 0 Å². The molecule has 0 radical (unpaired) electrons. The van der Waals surface area contributed by atoms with Crippen LogP contribution >= 0.6 is 11.6 Å². The second-order valence-corrected chi connectivity index (χ2v) is 6.94. The maximum Gasteiger partial charge on any atom is 0.277 e. The van der Waals surface area contributed by atoms with Gasteiger partial charge in [0.2, 0.25) is 5.28 Å². The van der Waals surface area contributed by atoms with Crippen LogP contribution < -0.4 is 4.72 Å². The number of sulfonamides is 1. The number of aromatic nitrogens is 3. The Morgan fingerprint density at radius 3 is 2.75 bits per heavy atom. The molecular formula is C15H12ClFN4O2S. The van der Waals surface area contributed by atoms with Crippen molar-refractivity contribution < 1.29 is 12.8 Å². The largest absolute Gasteiger partial charge is 0.290 e. The van der Waals surface area contributed by atoms with Gasteiger partial charge in [-0.2, -0.15) is 13.4 Å². The molecular weight excluding hydrogens is 355 g/mol. The van der Waals surface area contributed by atoms with Crippen LogP contribution in [0.2, 0.25) is 5.28 Å². The molecule has 0 aliphatic heterocycles. The first-order chi connectivity index (χ1) is 11.4. The van der Waals surface area contributed by atoms with E-state index in [1.54, 1.807) is 19.2 Å². The fourth-order valence-corrected chi connectivity index (χ4v) is 3.51. The van der Waals surface area contributed by atoms with Gasteiger partial charge in [0.15, 0.2) is 5.03 Å². The van der Waals surface area contributed by atoms with Crippen molar-refractivity contribution in [1.29, 1.82) is 0 Å². The Hall–Kier alpha value is -2.45. The summed E-state index contributed by atoms with van der Waals surface area (Å²) < 4.78 is 42.4. The van der Waals surface area contributed by atoms with E-state index in [4.69, 9.17) is 11.6 Å². The van der Waals surface area contributed by atoms with Crippen LogP contribution in [0, 0.1) is 12.7 Å². The maximum atomic E-state index is 13.3. The maximum absolute atomic E-state index is 13.3. The molecule has 3 rings (SSSR count). The van der Waals surface area contributed by atoms with Crippen LogP contribution in [-0.2, 0) is 10.0 Å². The van der Waals surface area contributed by atoms with E-state index in [-0.39, 0.29) is 16.0 Å². The third-order valence-electron chi connectivity index (χ3n) is 3.26. The molecule has 24 heavy (non-hydrogen) atoms. The lowest BCUT2D eigenvalue weighted by molar-refractivity contribution is 0.594. The number of halogens is 2. The van der Waals surface area contributed by atoms with Gasteiger partial charge in [-0.1, -0.05) is 0 Å². The molecule has 0 unspecified atom stereocenters. The average molecular weight is 367 g/mol. The molecule has 6 nitrogen and oxygen atoms in total. The first-order valence-corrected chi connectivity index (χ1v) is 8.68. The highest BCUT2D eigenvalue weighted by Crippen LogP contribution is 2.21. The van der Waals surface area contributed by atoms with Crippen molar-refractivity contribution in [2.45, 2.75) is 11.9 Å². The number of anilines is 1. The highest BCUT2D eigenvalue weighted by molar-refractivity contribution is 7.92. The molecule has 2 heterocycles. The van der Waals surface area contributed by atoms with Crippen LogP contribution in [0.1, 0.15) is 5.56 Å². The third kappa shape index (κ3) is 3.24. The summed E-state index contributed by atoms with van der Waals surface area (Å²) in [6.45, 7) is 1.55. The van der Waals surface area contributed by atoms with Gasteiger partial charge in [0, 0.05) is 18.1 Å². The van der Waals surface area contributed by atoms with Gasteiger partial charge in [0.1, 0.15) is 11.6 Å². The molecule has 0 amide bonds. The standard InChI is InChI=1S/C15H12ClFN4O2S/c1-10-9-11(4-5-12(10)17)20-24(22,23)14-3-2-8-21(14)13-6-7-18-15(16)19-13/h2-9,20H,1H3. The molecule has 0 aliphatic carbocycles. The molecule has 1 aromatic carbocycles. The van der Waals surface area contributed by atoms with E-state index in [1.165, 1.54) is 41.1 Å². The van der Waals surface area contributed by atoms with E-state index in [2.05, 4.69) is 14.7 Å². The smallest absolute Gasteiger partial charge is 0.277 e. The van der Waals surface area contributed by atoms with E-state index in [9.17, 15) is 12.8 Å². The molecule has 0 atom stereocenters. The zero-order chi connectivity index (χ0) is 17.3. The number of aryl methyl sites for hydroxylation is 1. The molecule has 124 valence electrons. The van der Waals surface area contributed by atoms with Crippen molar-refractivity contribution in [2.24, 2.45) is 0 Å². The minimum absolute atomic E-state index is 0.00617. The lowest BCUT2D eigenvalue weighted by atomic mass is 10.2. The Morgan fingerprint density at radius 2 is 2.04 bits per heavy atom. The zero-order valence-corrected chi connectivity index (χ0v) is 14.0. The predicted molar refractivity (Wildman–Crippen MR) is 88.3 cm³/mol. The Kier molecular flexibility index (Phi) is 4.25. The first-order valence-electron chi connectivity index (χ1n) is 6.82. The predicted octanol–water partition coefficient (Wildman–Crippen LogP) is 3.17. The summed E-state index contributed by atoms with van der Waals surface area (Å²) in [5, 5.41) is -0.0223. The number of nitrogens with zero attached hydrogens (tertiary/aromatic N) is 3. The van der Waals surface area contributed by atoms with Crippen molar-refractivity contribution >= 4 is 27.3 Å². The Bertz CT molecular complexity index is 1000. The SMILES string of the molecule is Cc1cc(NS(=O)(=O)c2cccn2-c2ccnc(Cl)n2)ccc1F. The number of benzene rings is 1. The van der Waals surface area contributed by atoms with Crippen LogP contribution in [0.25, 0.3) is 5.82 Å². The summed E-state index contributed by atoms with van der Waals surface area (Å²) in [6.07, 6.45) is 2.97. The Labute approximate surface area is 143 Å². The van der Waals surface area contributed by atoms with E-state index in [0.29, 0.717) is 11.4 Å². The summed E-state index contributed by atoms with van der Waals surface area (Å²) in [7, 11) is -3.90. The van der Waals surface area contributed by atoms with Gasteiger partial charge >= 0.3 is 0 Å². The van der Waals surface area contributed by atoms with E-state index in [1.807, 2.05) is 0 Å².